The van der Waals surface area contributed by atoms with Crippen molar-refractivity contribution in [2.45, 2.75) is 12.5 Å². The Morgan fingerprint density at radius 3 is 2.88 bits per heavy atom. The van der Waals surface area contributed by atoms with E-state index in [0.29, 0.717) is 5.69 Å². The summed E-state index contributed by atoms with van der Waals surface area (Å²) in [6, 6.07) is 9.40. The summed E-state index contributed by atoms with van der Waals surface area (Å²) >= 11 is 0. The first-order valence-electron chi connectivity index (χ1n) is 7.53. The number of hydrogen-bond donors (Lipinski definition) is 1. The summed E-state index contributed by atoms with van der Waals surface area (Å²) < 4.78 is 30.3. The van der Waals surface area contributed by atoms with Crippen molar-refractivity contribution in [1.82, 2.24) is 9.29 Å². The molecular weight excluding hydrogens is 330 g/mol. The van der Waals surface area contributed by atoms with E-state index < -0.39 is 21.5 Å². The second-order valence-electron chi connectivity index (χ2n) is 6.05. The molecule has 0 aliphatic carbocycles. The Hall–Kier alpha value is -2.03. The molecule has 24 heavy (non-hydrogen) atoms. The first-order valence-corrected chi connectivity index (χ1v) is 9.38. The van der Waals surface area contributed by atoms with Gasteiger partial charge in [-0.1, -0.05) is 18.2 Å². The van der Waals surface area contributed by atoms with Gasteiger partial charge in [-0.15, -0.1) is 0 Å². The highest BCUT2D eigenvalue weighted by molar-refractivity contribution is 7.88. The summed E-state index contributed by atoms with van der Waals surface area (Å²) in [5, 5.41) is 3.67. The van der Waals surface area contributed by atoms with E-state index in [-0.39, 0.29) is 19.7 Å². The lowest BCUT2D eigenvalue weighted by Gasteiger charge is -2.37. The number of nitrogens with one attached hydrogen (secondary N) is 1. The van der Waals surface area contributed by atoms with Crippen LogP contribution in [0.5, 0.6) is 0 Å². The number of ether oxygens (including phenoxy) is 1. The highest BCUT2D eigenvalue weighted by atomic mass is 32.2. The topological polar surface area (TPSA) is 88.6 Å². The number of nitrogens with zero attached hydrogens (tertiary/aromatic N) is 2. The molecule has 1 aromatic heterocycles. The van der Waals surface area contributed by atoms with Crippen LogP contribution in [0.15, 0.2) is 36.5 Å². The molecule has 1 saturated heterocycles. The normalized spacial score (nSPS) is 22.4. The Balaban J connectivity index is 1.79. The van der Waals surface area contributed by atoms with E-state index in [2.05, 4.69) is 10.3 Å². The maximum absolute atomic E-state index is 12.6. The van der Waals surface area contributed by atoms with Crippen LogP contribution in [0, 0.1) is 0 Å². The number of anilines is 1. The molecule has 0 unspecified atom stereocenters. The highest BCUT2D eigenvalue weighted by Gasteiger charge is 2.41. The molecule has 1 aliphatic rings. The standard InChI is InChI=1S/C16H19N3O4S/c1-16(11-19(7-8-23-16)24(2,21)22)15(20)18-13-9-12-5-3-4-6-14(12)17-10-13/h3-6,9-10H,7-8,11H2,1-2H3,(H,18,20)/t16-/m0/s1. The number of benzene rings is 1. The zero-order chi connectivity index (χ0) is 17.4. The Morgan fingerprint density at radius 2 is 2.12 bits per heavy atom. The number of morpholine rings is 1. The first-order chi connectivity index (χ1) is 11.3. The number of carbonyl (C=O) groups is 1. The smallest absolute Gasteiger partial charge is 0.257 e. The fourth-order valence-corrected chi connectivity index (χ4v) is 3.54. The number of para-hydroxylation sites is 1. The van der Waals surface area contributed by atoms with Crippen molar-refractivity contribution in [1.29, 1.82) is 0 Å². The minimum absolute atomic E-state index is 0.0152. The molecule has 2 heterocycles. The van der Waals surface area contributed by atoms with Gasteiger partial charge in [0, 0.05) is 11.9 Å². The number of hydrogen-bond acceptors (Lipinski definition) is 5. The average Bonchev–Trinajstić information content (AvgIpc) is 2.54. The third kappa shape index (κ3) is 3.40. The lowest BCUT2D eigenvalue weighted by Crippen LogP contribution is -2.57. The second-order valence-corrected chi connectivity index (χ2v) is 8.03. The van der Waals surface area contributed by atoms with Gasteiger partial charge < -0.3 is 10.1 Å². The summed E-state index contributed by atoms with van der Waals surface area (Å²) in [5.41, 5.74) is 0.131. The molecule has 1 atom stereocenters. The van der Waals surface area contributed by atoms with Crippen molar-refractivity contribution in [2.24, 2.45) is 0 Å². The molecule has 7 nitrogen and oxygen atoms in total. The number of rotatable bonds is 3. The number of fused-ring (bicyclic) bond motifs is 1. The second kappa shape index (κ2) is 6.12. The highest BCUT2D eigenvalue weighted by Crippen LogP contribution is 2.23. The molecule has 128 valence electrons. The summed E-state index contributed by atoms with van der Waals surface area (Å²) in [5.74, 6) is -0.395. The number of pyridine rings is 1. The lowest BCUT2D eigenvalue weighted by atomic mass is 10.0. The van der Waals surface area contributed by atoms with Crippen LogP contribution in [0.25, 0.3) is 10.9 Å². The van der Waals surface area contributed by atoms with Gasteiger partial charge in [-0.2, -0.15) is 4.31 Å². The van der Waals surface area contributed by atoms with Crippen molar-refractivity contribution < 1.29 is 17.9 Å². The number of carbonyl (C=O) groups excluding carboxylic acids is 1. The van der Waals surface area contributed by atoms with Gasteiger partial charge >= 0.3 is 0 Å². The maximum Gasteiger partial charge on any atom is 0.257 e. The van der Waals surface area contributed by atoms with Crippen LogP contribution in [0.2, 0.25) is 0 Å². The predicted octanol–water partition coefficient (Wildman–Crippen LogP) is 1.22. The summed E-state index contributed by atoms with van der Waals surface area (Å²) in [6.07, 6.45) is 2.70. The molecule has 1 fully saturated rings. The van der Waals surface area contributed by atoms with Gasteiger partial charge in [-0.05, 0) is 19.1 Å². The van der Waals surface area contributed by atoms with Crippen LogP contribution < -0.4 is 5.32 Å². The Morgan fingerprint density at radius 1 is 1.38 bits per heavy atom. The summed E-state index contributed by atoms with van der Waals surface area (Å²) in [7, 11) is -3.37. The Bertz CT molecular complexity index is 884. The van der Waals surface area contributed by atoms with Gasteiger partial charge in [0.25, 0.3) is 5.91 Å². The molecule has 2 aromatic rings. The number of amides is 1. The molecule has 0 radical (unpaired) electrons. The van der Waals surface area contributed by atoms with Crippen LogP contribution in [0.1, 0.15) is 6.92 Å². The van der Waals surface area contributed by atoms with E-state index in [4.69, 9.17) is 4.74 Å². The minimum atomic E-state index is -3.37. The molecule has 8 heteroatoms. The van der Waals surface area contributed by atoms with Crippen molar-refractivity contribution >= 4 is 32.5 Å². The van der Waals surface area contributed by atoms with E-state index >= 15 is 0 Å². The Labute approximate surface area is 140 Å². The van der Waals surface area contributed by atoms with Crippen molar-refractivity contribution in [2.75, 3.05) is 31.3 Å². The zero-order valence-corrected chi connectivity index (χ0v) is 14.3. The van der Waals surface area contributed by atoms with E-state index in [9.17, 15) is 13.2 Å². The monoisotopic (exact) mass is 349 g/mol. The molecule has 1 aliphatic heterocycles. The van der Waals surface area contributed by atoms with Gasteiger partial charge in [0.2, 0.25) is 10.0 Å². The minimum Gasteiger partial charge on any atom is -0.363 e. The van der Waals surface area contributed by atoms with Crippen molar-refractivity contribution in [3.05, 3.63) is 36.5 Å². The first kappa shape index (κ1) is 16.8. The average molecular weight is 349 g/mol. The third-order valence-electron chi connectivity index (χ3n) is 4.04. The van der Waals surface area contributed by atoms with Crippen LogP contribution in [-0.4, -0.2) is 55.2 Å². The van der Waals surface area contributed by atoms with E-state index in [1.165, 1.54) is 4.31 Å². The third-order valence-corrected chi connectivity index (χ3v) is 5.29. The van der Waals surface area contributed by atoms with Crippen molar-refractivity contribution in [3.63, 3.8) is 0 Å². The largest absolute Gasteiger partial charge is 0.363 e. The van der Waals surface area contributed by atoms with E-state index in [1.807, 2.05) is 30.3 Å². The molecule has 1 aromatic carbocycles. The molecule has 3 rings (SSSR count). The van der Waals surface area contributed by atoms with Crippen LogP contribution in [0.3, 0.4) is 0 Å². The van der Waals surface area contributed by atoms with Gasteiger partial charge in [0.15, 0.2) is 5.60 Å². The van der Waals surface area contributed by atoms with Gasteiger partial charge in [-0.3, -0.25) is 9.78 Å². The molecule has 0 saturated carbocycles. The SMILES string of the molecule is C[C@@]1(C(=O)Nc2cnc3ccccc3c2)CN(S(C)(=O)=O)CCO1. The number of aromatic nitrogens is 1. The van der Waals surface area contributed by atoms with Crippen LogP contribution in [-0.2, 0) is 19.6 Å². The van der Waals surface area contributed by atoms with Gasteiger partial charge in [-0.25, -0.2) is 8.42 Å². The van der Waals surface area contributed by atoms with Crippen LogP contribution >= 0.6 is 0 Å². The zero-order valence-electron chi connectivity index (χ0n) is 13.5. The molecule has 0 bridgehead atoms. The maximum atomic E-state index is 12.6. The van der Waals surface area contributed by atoms with E-state index in [0.717, 1.165) is 17.2 Å². The molecule has 1 amide bonds. The predicted molar refractivity (Wildman–Crippen MR) is 91.1 cm³/mol. The fourth-order valence-electron chi connectivity index (χ4n) is 2.66. The lowest BCUT2D eigenvalue weighted by molar-refractivity contribution is -0.146. The van der Waals surface area contributed by atoms with Gasteiger partial charge in [0.1, 0.15) is 0 Å². The van der Waals surface area contributed by atoms with Crippen LogP contribution in [0.4, 0.5) is 5.69 Å². The van der Waals surface area contributed by atoms with Crippen molar-refractivity contribution in [3.8, 4) is 0 Å². The summed E-state index contributed by atoms with van der Waals surface area (Å²) in [6.45, 7) is 2.00. The fraction of sp³-hybridized carbons (Fsp3) is 0.375. The molecule has 1 N–H and O–H groups in total. The Kier molecular flexibility index (Phi) is 4.29. The van der Waals surface area contributed by atoms with Gasteiger partial charge in [0.05, 0.1) is 36.8 Å². The summed E-state index contributed by atoms with van der Waals surface area (Å²) in [4.78, 5) is 16.9. The number of sulfonamides is 1. The van der Waals surface area contributed by atoms with E-state index in [1.54, 1.807) is 13.1 Å². The molecule has 0 spiro atoms. The quantitative estimate of drug-likeness (QED) is 0.900. The molecular formula is C16H19N3O4S.